The molecular formula is C23H29N3O5. The Morgan fingerprint density at radius 1 is 1.00 bits per heavy atom. The standard InChI is InChI=1S/C23H29N3O5/c1-16(23(27)24-18-5-7-20-22(13-18)31-15-30-20)26-10-8-25(9-11-26)14-17-4-6-19(28-2)21(12-17)29-3/h4-7,12-13,16H,8-11,14-15H2,1-3H3,(H,24,27)/t16-/m1/s1. The van der Waals surface area contributed by atoms with E-state index in [9.17, 15) is 4.79 Å². The van der Waals surface area contributed by atoms with Gasteiger partial charge in [-0.05, 0) is 36.8 Å². The predicted octanol–water partition coefficient (Wildman–Crippen LogP) is 2.58. The minimum Gasteiger partial charge on any atom is -0.493 e. The van der Waals surface area contributed by atoms with Crippen LogP contribution in [-0.2, 0) is 11.3 Å². The third-order valence-electron chi connectivity index (χ3n) is 5.83. The number of carbonyl (C=O) groups excluding carboxylic acids is 1. The van der Waals surface area contributed by atoms with Crippen LogP contribution in [0.3, 0.4) is 0 Å². The van der Waals surface area contributed by atoms with Crippen molar-refractivity contribution in [1.29, 1.82) is 0 Å². The topological polar surface area (TPSA) is 72.5 Å². The van der Waals surface area contributed by atoms with E-state index in [-0.39, 0.29) is 18.7 Å². The lowest BCUT2D eigenvalue weighted by atomic mass is 10.1. The monoisotopic (exact) mass is 427 g/mol. The number of nitrogens with zero attached hydrogens (tertiary/aromatic N) is 2. The molecule has 1 amide bonds. The van der Waals surface area contributed by atoms with Crippen molar-refractivity contribution in [2.45, 2.75) is 19.5 Å². The van der Waals surface area contributed by atoms with E-state index in [0.717, 1.165) is 44.2 Å². The van der Waals surface area contributed by atoms with Crippen LogP contribution in [0, 0.1) is 0 Å². The third kappa shape index (κ3) is 4.86. The summed E-state index contributed by atoms with van der Waals surface area (Å²) in [5.41, 5.74) is 1.90. The van der Waals surface area contributed by atoms with E-state index in [1.54, 1.807) is 20.3 Å². The van der Waals surface area contributed by atoms with Crippen molar-refractivity contribution in [2.24, 2.45) is 0 Å². The van der Waals surface area contributed by atoms with Gasteiger partial charge in [0.05, 0.1) is 20.3 Å². The Balaban J connectivity index is 1.28. The van der Waals surface area contributed by atoms with Gasteiger partial charge in [0, 0.05) is 44.5 Å². The van der Waals surface area contributed by atoms with Gasteiger partial charge in [-0.25, -0.2) is 0 Å². The van der Waals surface area contributed by atoms with Crippen molar-refractivity contribution >= 4 is 11.6 Å². The van der Waals surface area contributed by atoms with E-state index in [1.807, 2.05) is 31.2 Å². The first-order valence-electron chi connectivity index (χ1n) is 10.4. The third-order valence-corrected chi connectivity index (χ3v) is 5.83. The fourth-order valence-corrected chi connectivity index (χ4v) is 3.93. The summed E-state index contributed by atoms with van der Waals surface area (Å²) >= 11 is 0. The number of hydrogen-bond acceptors (Lipinski definition) is 7. The number of anilines is 1. The fourth-order valence-electron chi connectivity index (χ4n) is 3.93. The van der Waals surface area contributed by atoms with E-state index in [2.05, 4.69) is 21.2 Å². The maximum atomic E-state index is 12.8. The summed E-state index contributed by atoms with van der Waals surface area (Å²) in [7, 11) is 3.29. The summed E-state index contributed by atoms with van der Waals surface area (Å²) < 4.78 is 21.4. The largest absolute Gasteiger partial charge is 0.493 e. The molecule has 2 aliphatic heterocycles. The van der Waals surface area contributed by atoms with Crippen molar-refractivity contribution in [1.82, 2.24) is 9.80 Å². The number of piperazine rings is 1. The molecular weight excluding hydrogens is 398 g/mol. The van der Waals surface area contributed by atoms with E-state index in [4.69, 9.17) is 18.9 Å². The van der Waals surface area contributed by atoms with Gasteiger partial charge in [-0.2, -0.15) is 0 Å². The zero-order valence-electron chi connectivity index (χ0n) is 18.2. The molecule has 1 saturated heterocycles. The smallest absolute Gasteiger partial charge is 0.241 e. The average Bonchev–Trinajstić information content (AvgIpc) is 3.27. The van der Waals surface area contributed by atoms with Crippen molar-refractivity contribution in [3.8, 4) is 23.0 Å². The van der Waals surface area contributed by atoms with Crippen molar-refractivity contribution in [3.63, 3.8) is 0 Å². The first-order chi connectivity index (χ1) is 15.1. The number of carbonyl (C=O) groups is 1. The number of nitrogens with one attached hydrogen (secondary N) is 1. The molecule has 1 fully saturated rings. The van der Waals surface area contributed by atoms with Gasteiger partial charge in [-0.3, -0.25) is 14.6 Å². The van der Waals surface area contributed by atoms with Gasteiger partial charge in [0.25, 0.3) is 0 Å². The maximum absolute atomic E-state index is 12.8. The molecule has 8 nitrogen and oxygen atoms in total. The maximum Gasteiger partial charge on any atom is 0.241 e. The number of fused-ring (bicyclic) bond motifs is 1. The summed E-state index contributed by atoms with van der Waals surface area (Å²) in [4.78, 5) is 17.4. The molecule has 1 atom stereocenters. The van der Waals surface area contributed by atoms with Gasteiger partial charge in [-0.15, -0.1) is 0 Å². The zero-order valence-corrected chi connectivity index (χ0v) is 18.2. The summed E-state index contributed by atoms with van der Waals surface area (Å²) in [5, 5.41) is 2.99. The second kappa shape index (κ2) is 9.45. The van der Waals surface area contributed by atoms with Gasteiger partial charge in [0.15, 0.2) is 23.0 Å². The van der Waals surface area contributed by atoms with Crippen LogP contribution in [-0.4, -0.2) is 68.9 Å². The van der Waals surface area contributed by atoms with Gasteiger partial charge < -0.3 is 24.3 Å². The molecule has 166 valence electrons. The number of rotatable bonds is 7. The van der Waals surface area contributed by atoms with E-state index in [0.29, 0.717) is 17.2 Å². The number of benzene rings is 2. The van der Waals surface area contributed by atoms with Crippen molar-refractivity contribution in [2.75, 3.05) is 52.5 Å². The zero-order chi connectivity index (χ0) is 21.8. The van der Waals surface area contributed by atoms with Crippen LogP contribution < -0.4 is 24.3 Å². The van der Waals surface area contributed by atoms with Crippen LogP contribution in [0.2, 0.25) is 0 Å². The Kier molecular flexibility index (Phi) is 6.48. The van der Waals surface area contributed by atoms with Crippen LogP contribution in [0.15, 0.2) is 36.4 Å². The molecule has 2 aromatic rings. The first-order valence-corrected chi connectivity index (χ1v) is 10.4. The molecule has 0 aromatic heterocycles. The van der Waals surface area contributed by atoms with Crippen LogP contribution in [0.5, 0.6) is 23.0 Å². The quantitative estimate of drug-likeness (QED) is 0.728. The Bertz CT molecular complexity index is 927. The highest BCUT2D eigenvalue weighted by Crippen LogP contribution is 2.34. The molecule has 1 N–H and O–H groups in total. The SMILES string of the molecule is COc1ccc(CN2CCN([C@H](C)C(=O)Nc3ccc4c(c3)OCO4)CC2)cc1OC. The van der Waals surface area contributed by atoms with Crippen LogP contribution in [0.1, 0.15) is 12.5 Å². The van der Waals surface area contributed by atoms with Gasteiger partial charge >= 0.3 is 0 Å². The Hall–Kier alpha value is -2.97. The van der Waals surface area contributed by atoms with E-state index in [1.165, 1.54) is 5.56 Å². The summed E-state index contributed by atoms with van der Waals surface area (Å²) in [6.45, 7) is 6.48. The fraction of sp³-hybridized carbons (Fsp3) is 0.435. The highest BCUT2D eigenvalue weighted by Gasteiger charge is 2.26. The van der Waals surface area contributed by atoms with Crippen molar-refractivity contribution in [3.05, 3.63) is 42.0 Å². The molecule has 2 aromatic carbocycles. The number of methoxy groups -OCH3 is 2. The van der Waals surface area contributed by atoms with E-state index >= 15 is 0 Å². The molecule has 8 heteroatoms. The Morgan fingerprint density at radius 2 is 1.74 bits per heavy atom. The molecule has 0 unspecified atom stereocenters. The summed E-state index contributed by atoms with van der Waals surface area (Å²) in [6, 6.07) is 11.3. The first kappa shape index (κ1) is 21.3. The van der Waals surface area contributed by atoms with Crippen molar-refractivity contribution < 1.29 is 23.7 Å². The average molecular weight is 428 g/mol. The lowest BCUT2D eigenvalue weighted by molar-refractivity contribution is -0.121. The van der Waals surface area contributed by atoms with Gasteiger partial charge in [-0.1, -0.05) is 6.07 Å². The molecule has 2 aliphatic rings. The van der Waals surface area contributed by atoms with Crippen LogP contribution >= 0.6 is 0 Å². The minimum absolute atomic E-state index is 0.0211. The van der Waals surface area contributed by atoms with Gasteiger partial charge in [0.2, 0.25) is 12.7 Å². The molecule has 0 radical (unpaired) electrons. The second-order valence-electron chi connectivity index (χ2n) is 7.73. The highest BCUT2D eigenvalue weighted by molar-refractivity contribution is 5.94. The Morgan fingerprint density at radius 3 is 2.48 bits per heavy atom. The van der Waals surface area contributed by atoms with Crippen LogP contribution in [0.4, 0.5) is 5.69 Å². The van der Waals surface area contributed by atoms with E-state index < -0.39 is 0 Å². The molecule has 0 saturated carbocycles. The highest BCUT2D eigenvalue weighted by atomic mass is 16.7. The molecule has 4 rings (SSSR count). The number of ether oxygens (including phenoxy) is 4. The normalized spacial score (nSPS) is 17.3. The molecule has 2 heterocycles. The molecule has 0 spiro atoms. The van der Waals surface area contributed by atoms with Crippen LogP contribution in [0.25, 0.3) is 0 Å². The molecule has 0 aliphatic carbocycles. The summed E-state index contributed by atoms with van der Waals surface area (Å²) in [5.74, 6) is 2.82. The second-order valence-corrected chi connectivity index (χ2v) is 7.73. The minimum atomic E-state index is -0.214. The number of hydrogen-bond donors (Lipinski definition) is 1. The summed E-state index contributed by atoms with van der Waals surface area (Å²) in [6.07, 6.45) is 0. The molecule has 31 heavy (non-hydrogen) atoms. The Labute approximate surface area is 182 Å². The lowest BCUT2D eigenvalue weighted by Crippen LogP contribution is -2.52. The molecule has 0 bridgehead atoms. The van der Waals surface area contributed by atoms with Gasteiger partial charge in [0.1, 0.15) is 0 Å². The predicted molar refractivity (Wildman–Crippen MR) is 117 cm³/mol. The number of amides is 1. The lowest BCUT2D eigenvalue weighted by Gasteiger charge is -2.37.